The van der Waals surface area contributed by atoms with Gasteiger partial charge in [0.05, 0.1) is 16.4 Å². The topological polar surface area (TPSA) is 32.3 Å². The van der Waals surface area contributed by atoms with Gasteiger partial charge in [-0.15, -0.1) is 0 Å². The standard InChI is InChI=1S/C12H13ClN2O/c1-15-9-5-2-4-8(13)10(9)14-11(16)12(15)6-3-7-12/h2,4-5H,3,6-7H2,1H3,(H,14,16). The van der Waals surface area contributed by atoms with Gasteiger partial charge in [0.15, 0.2) is 0 Å². The zero-order valence-electron chi connectivity index (χ0n) is 9.09. The van der Waals surface area contributed by atoms with Crippen molar-refractivity contribution in [3.05, 3.63) is 23.2 Å². The Balaban J connectivity index is 2.14. The molecule has 1 amide bonds. The van der Waals surface area contributed by atoms with Gasteiger partial charge in [-0.05, 0) is 31.4 Å². The van der Waals surface area contributed by atoms with Crippen molar-refractivity contribution in [2.75, 3.05) is 17.3 Å². The van der Waals surface area contributed by atoms with Crippen LogP contribution in [0.15, 0.2) is 18.2 Å². The molecule has 2 aliphatic rings. The second-order valence-corrected chi connectivity index (χ2v) is 4.94. The lowest BCUT2D eigenvalue weighted by Gasteiger charge is -2.51. The van der Waals surface area contributed by atoms with E-state index in [2.05, 4.69) is 10.2 Å². The number of hydrogen-bond donors (Lipinski definition) is 1. The van der Waals surface area contributed by atoms with Crippen LogP contribution in [0, 0.1) is 0 Å². The van der Waals surface area contributed by atoms with Crippen LogP contribution >= 0.6 is 11.6 Å². The first-order valence-electron chi connectivity index (χ1n) is 5.49. The average Bonchev–Trinajstić information content (AvgIpc) is 2.18. The van der Waals surface area contributed by atoms with Gasteiger partial charge in [-0.2, -0.15) is 0 Å². The molecule has 1 heterocycles. The van der Waals surface area contributed by atoms with E-state index < -0.39 is 0 Å². The second kappa shape index (κ2) is 3.14. The van der Waals surface area contributed by atoms with Crippen LogP contribution in [0.2, 0.25) is 5.02 Å². The van der Waals surface area contributed by atoms with E-state index >= 15 is 0 Å². The zero-order valence-corrected chi connectivity index (χ0v) is 9.84. The van der Waals surface area contributed by atoms with Gasteiger partial charge in [-0.3, -0.25) is 4.79 Å². The molecule has 1 aliphatic carbocycles. The first-order chi connectivity index (χ1) is 7.65. The first kappa shape index (κ1) is 9.97. The smallest absolute Gasteiger partial charge is 0.250 e. The number of rotatable bonds is 0. The maximum atomic E-state index is 12.1. The number of benzene rings is 1. The number of fused-ring (bicyclic) bond motifs is 1. The number of halogens is 1. The summed E-state index contributed by atoms with van der Waals surface area (Å²) < 4.78 is 0. The summed E-state index contributed by atoms with van der Waals surface area (Å²) in [7, 11) is 1.98. The molecule has 0 aromatic heterocycles. The number of likely N-dealkylation sites (N-methyl/N-ethyl adjacent to an activating group) is 1. The summed E-state index contributed by atoms with van der Waals surface area (Å²) in [6.07, 6.45) is 2.98. The van der Waals surface area contributed by atoms with Gasteiger partial charge < -0.3 is 10.2 Å². The third kappa shape index (κ3) is 1.07. The fourth-order valence-corrected chi connectivity index (χ4v) is 2.82. The number of carbonyl (C=O) groups is 1. The molecule has 1 fully saturated rings. The number of carbonyl (C=O) groups excluding carboxylic acids is 1. The summed E-state index contributed by atoms with van der Waals surface area (Å²) in [6.45, 7) is 0. The summed E-state index contributed by atoms with van der Waals surface area (Å²) >= 11 is 6.09. The fourth-order valence-electron chi connectivity index (χ4n) is 2.60. The number of anilines is 2. The number of nitrogens with one attached hydrogen (secondary N) is 1. The Kier molecular flexibility index (Phi) is 1.96. The minimum absolute atomic E-state index is 0.0850. The molecule has 84 valence electrons. The molecule has 1 saturated carbocycles. The molecule has 0 unspecified atom stereocenters. The predicted octanol–water partition coefficient (Wildman–Crippen LogP) is 2.65. The SMILES string of the molecule is CN1c2cccc(Cl)c2NC(=O)C12CCC2. The molecule has 3 rings (SSSR count). The lowest BCUT2D eigenvalue weighted by molar-refractivity contribution is -0.124. The Bertz CT molecular complexity index is 468. The molecule has 1 aromatic carbocycles. The van der Waals surface area contributed by atoms with E-state index in [0.29, 0.717) is 5.02 Å². The van der Waals surface area contributed by atoms with Gasteiger partial charge in [0.2, 0.25) is 5.91 Å². The van der Waals surface area contributed by atoms with Crippen LogP contribution in [0.3, 0.4) is 0 Å². The van der Waals surface area contributed by atoms with E-state index in [-0.39, 0.29) is 11.4 Å². The van der Waals surface area contributed by atoms with Gasteiger partial charge in [0.25, 0.3) is 0 Å². The van der Waals surface area contributed by atoms with Crippen LogP contribution in [0.1, 0.15) is 19.3 Å². The molecule has 0 saturated heterocycles. The minimum atomic E-state index is -0.322. The molecular weight excluding hydrogens is 224 g/mol. The van der Waals surface area contributed by atoms with E-state index in [1.54, 1.807) is 6.07 Å². The molecule has 0 bridgehead atoms. The summed E-state index contributed by atoms with van der Waals surface area (Å²) in [5, 5.41) is 3.54. The Labute approximate surface area is 99.4 Å². The molecular formula is C12H13ClN2O. The third-order valence-electron chi connectivity index (χ3n) is 3.84. The Hall–Kier alpha value is -1.22. The quantitative estimate of drug-likeness (QED) is 0.751. The zero-order chi connectivity index (χ0) is 11.3. The highest BCUT2D eigenvalue weighted by molar-refractivity contribution is 6.35. The largest absolute Gasteiger partial charge is 0.358 e. The van der Waals surface area contributed by atoms with E-state index in [4.69, 9.17) is 11.6 Å². The molecule has 1 aromatic rings. The first-order valence-corrected chi connectivity index (χ1v) is 5.87. The number of para-hydroxylation sites is 1. The number of nitrogens with zero attached hydrogens (tertiary/aromatic N) is 1. The highest BCUT2D eigenvalue weighted by Crippen LogP contribution is 2.47. The molecule has 16 heavy (non-hydrogen) atoms. The number of amides is 1. The van der Waals surface area contributed by atoms with Gasteiger partial charge in [-0.25, -0.2) is 0 Å². The lowest BCUT2D eigenvalue weighted by Crippen LogP contribution is -2.62. The molecule has 1 spiro atoms. The summed E-state index contributed by atoms with van der Waals surface area (Å²) in [6, 6.07) is 5.72. The van der Waals surface area contributed by atoms with Crippen LogP contribution in [0.5, 0.6) is 0 Å². The number of hydrogen-bond acceptors (Lipinski definition) is 2. The Morgan fingerprint density at radius 1 is 1.44 bits per heavy atom. The van der Waals surface area contributed by atoms with Gasteiger partial charge >= 0.3 is 0 Å². The van der Waals surface area contributed by atoms with Crippen molar-refractivity contribution < 1.29 is 4.79 Å². The van der Waals surface area contributed by atoms with Crippen LogP contribution in [0.25, 0.3) is 0 Å². The second-order valence-electron chi connectivity index (χ2n) is 4.53. The van der Waals surface area contributed by atoms with Crippen LogP contribution in [-0.2, 0) is 4.79 Å². The summed E-state index contributed by atoms with van der Waals surface area (Å²) in [4.78, 5) is 14.2. The summed E-state index contributed by atoms with van der Waals surface area (Å²) in [5.74, 6) is 0.0850. The van der Waals surface area contributed by atoms with Crippen molar-refractivity contribution in [3.8, 4) is 0 Å². The maximum Gasteiger partial charge on any atom is 0.250 e. The lowest BCUT2D eigenvalue weighted by atomic mass is 9.73. The van der Waals surface area contributed by atoms with Gasteiger partial charge in [-0.1, -0.05) is 17.7 Å². The van der Waals surface area contributed by atoms with E-state index in [9.17, 15) is 4.79 Å². The molecule has 4 heteroatoms. The third-order valence-corrected chi connectivity index (χ3v) is 4.15. The molecule has 1 aliphatic heterocycles. The fraction of sp³-hybridized carbons (Fsp3) is 0.417. The van der Waals surface area contributed by atoms with Crippen molar-refractivity contribution in [3.63, 3.8) is 0 Å². The van der Waals surface area contributed by atoms with E-state index in [1.807, 2.05) is 19.2 Å². The average molecular weight is 237 g/mol. The minimum Gasteiger partial charge on any atom is -0.358 e. The highest BCUT2D eigenvalue weighted by Gasteiger charge is 2.50. The van der Waals surface area contributed by atoms with Crippen molar-refractivity contribution in [1.29, 1.82) is 0 Å². The van der Waals surface area contributed by atoms with Crippen molar-refractivity contribution in [1.82, 2.24) is 0 Å². The van der Waals surface area contributed by atoms with E-state index in [0.717, 1.165) is 30.6 Å². The van der Waals surface area contributed by atoms with Crippen LogP contribution < -0.4 is 10.2 Å². The van der Waals surface area contributed by atoms with E-state index in [1.165, 1.54) is 0 Å². The predicted molar refractivity (Wildman–Crippen MR) is 65.1 cm³/mol. The van der Waals surface area contributed by atoms with Crippen molar-refractivity contribution in [2.45, 2.75) is 24.8 Å². The Morgan fingerprint density at radius 2 is 2.19 bits per heavy atom. The summed E-state index contributed by atoms with van der Waals surface area (Å²) in [5.41, 5.74) is 1.44. The van der Waals surface area contributed by atoms with Crippen molar-refractivity contribution in [2.24, 2.45) is 0 Å². The molecule has 1 N–H and O–H groups in total. The molecule has 0 atom stereocenters. The van der Waals surface area contributed by atoms with Crippen LogP contribution in [0.4, 0.5) is 11.4 Å². The monoisotopic (exact) mass is 236 g/mol. The maximum absolute atomic E-state index is 12.1. The van der Waals surface area contributed by atoms with Crippen molar-refractivity contribution >= 4 is 28.9 Å². The normalized spacial score (nSPS) is 21.4. The molecule has 3 nitrogen and oxygen atoms in total. The van der Waals surface area contributed by atoms with Gasteiger partial charge in [0, 0.05) is 7.05 Å². The van der Waals surface area contributed by atoms with Crippen LogP contribution in [-0.4, -0.2) is 18.5 Å². The van der Waals surface area contributed by atoms with Gasteiger partial charge in [0.1, 0.15) is 5.54 Å². The highest BCUT2D eigenvalue weighted by atomic mass is 35.5. The molecule has 0 radical (unpaired) electrons. The Morgan fingerprint density at radius 3 is 2.81 bits per heavy atom.